The minimum absolute atomic E-state index is 0.00233. The summed E-state index contributed by atoms with van der Waals surface area (Å²) in [6.07, 6.45) is 5.77. The second kappa shape index (κ2) is 4.70. The van der Waals surface area contributed by atoms with Crippen LogP contribution in [0.3, 0.4) is 0 Å². The summed E-state index contributed by atoms with van der Waals surface area (Å²) < 4.78 is 16.8. The van der Waals surface area contributed by atoms with Gasteiger partial charge >= 0.3 is 5.97 Å². The Morgan fingerprint density at radius 1 is 0.950 bits per heavy atom. The molecule has 4 nitrogen and oxygen atoms in total. The van der Waals surface area contributed by atoms with Crippen molar-refractivity contribution in [3.63, 3.8) is 0 Å². The van der Waals surface area contributed by atoms with Crippen molar-refractivity contribution in [1.29, 1.82) is 0 Å². The van der Waals surface area contributed by atoms with Crippen molar-refractivity contribution in [1.82, 2.24) is 0 Å². The maximum atomic E-state index is 12.3. The summed E-state index contributed by atoms with van der Waals surface area (Å²) in [5, 5.41) is 0. The summed E-state index contributed by atoms with van der Waals surface area (Å²) in [7, 11) is 0. The first kappa shape index (κ1) is 13.1. The van der Waals surface area contributed by atoms with Crippen LogP contribution in [0.4, 0.5) is 0 Å². The Labute approximate surface area is 120 Å². The maximum Gasteiger partial charge on any atom is 0.309 e. The Morgan fingerprint density at radius 3 is 2.30 bits per heavy atom. The van der Waals surface area contributed by atoms with Crippen LogP contribution in [-0.4, -0.2) is 37.0 Å². The van der Waals surface area contributed by atoms with Gasteiger partial charge in [-0.15, -0.1) is 0 Å². The van der Waals surface area contributed by atoms with E-state index in [1.54, 1.807) is 0 Å². The van der Waals surface area contributed by atoms with Gasteiger partial charge in [-0.2, -0.15) is 0 Å². The number of carbonyl (C=O) groups is 1. The third kappa shape index (κ3) is 2.37. The average molecular weight is 280 g/mol. The Balaban J connectivity index is 1.29. The molecule has 2 saturated carbocycles. The number of hydrogen-bond donors (Lipinski definition) is 0. The summed E-state index contributed by atoms with van der Waals surface area (Å²) in [6.45, 7) is 4.97. The number of fused-ring (bicyclic) bond motifs is 2. The molecule has 0 aromatic rings. The van der Waals surface area contributed by atoms with Crippen LogP contribution in [0.25, 0.3) is 0 Å². The van der Waals surface area contributed by atoms with Gasteiger partial charge in [-0.1, -0.05) is 13.8 Å². The molecule has 0 radical (unpaired) electrons. The molecule has 2 aliphatic carbocycles. The molecule has 0 N–H and O–H groups in total. The van der Waals surface area contributed by atoms with Crippen molar-refractivity contribution >= 4 is 5.97 Å². The molecule has 4 rings (SSSR count). The number of esters is 1. The highest BCUT2D eigenvalue weighted by Crippen LogP contribution is 2.44. The number of epoxide rings is 2. The molecule has 0 aromatic heterocycles. The Morgan fingerprint density at radius 2 is 1.55 bits per heavy atom. The molecular weight excluding hydrogens is 256 g/mol. The molecule has 4 fully saturated rings. The molecule has 7 unspecified atom stereocenters. The smallest absolute Gasteiger partial charge is 0.309 e. The van der Waals surface area contributed by atoms with Crippen LogP contribution in [0.1, 0.15) is 39.5 Å². The Kier molecular flexibility index (Phi) is 3.08. The molecule has 0 aromatic carbocycles. The zero-order valence-corrected chi connectivity index (χ0v) is 12.3. The van der Waals surface area contributed by atoms with E-state index in [4.69, 9.17) is 14.2 Å². The quantitative estimate of drug-likeness (QED) is 0.587. The first-order valence-electron chi connectivity index (χ1n) is 8.09. The van der Waals surface area contributed by atoms with Gasteiger partial charge in [-0.3, -0.25) is 4.79 Å². The summed E-state index contributed by atoms with van der Waals surface area (Å²) in [4.78, 5) is 12.3. The zero-order valence-electron chi connectivity index (χ0n) is 12.3. The van der Waals surface area contributed by atoms with Gasteiger partial charge < -0.3 is 14.2 Å². The topological polar surface area (TPSA) is 51.4 Å². The first-order chi connectivity index (χ1) is 9.61. The molecule has 8 atom stereocenters. The van der Waals surface area contributed by atoms with Gasteiger partial charge in [-0.25, -0.2) is 0 Å². The molecule has 2 saturated heterocycles. The lowest BCUT2D eigenvalue weighted by Crippen LogP contribution is -2.33. The van der Waals surface area contributed by atoms with Gasteiger partial charge in [0.15, 0.2) is 0 Å². The molecule has 0 spiro atoms. The van der Waals surface area contributed by atoms with Crippen LogP contribution < -0.4 is 0 Å². The van der Waals surface area contributed by atoms with Crippen LogP contribution in [0, 0.1) is 23.7 Å². The fourth-order valence-corrected chi connectivity index (χ4v) is 4.15. The van der Waals surface area contributed by atoms with E-state index in [1.807, 2.05) is 0 Å². The van der Waals surface area contributed by atoms with E-state index in [0.717, 1.165) is 25.7 Å². The van der Waals surface area contributed by atoms with Gasteiger partial charge in [0.2, 0.25) is 0 Å². The van der Waals surface area contributed by atoms with Crippen LogP contribution in [0.5, 0.6) is 0 Å². The number of ether oxygens (including phenoxy) is 3. The van der Waals surface area contributed by atoms with E-state index in [9.17, 15) is 4.79 Å². The fraction of sp³-hybridized carbons (Fsp3) is 0.938. The van der Waals surface area contributed by atoms with Crippen molar-refractivity contribution in [2.45, 2.75) is 63.9 Å². The lowest BCUT2D eigenvalue weighted by molar-refractivity contribution is -0.153. The maximum absolute atomic E-state index is 12.3. The van der Waals surface area contributed by atoms with Crippen LogP contribution >= 0.6 is 0 Å². The predicted octanol–water partition coefficient (Wildman–Crippen LogP) is 2.16. The molecule has 0 amide bonds. The third-order valence-corrected chi connectivity index (χ3v) is 5.84. The standard InChI is InChI=1S/C16H24O4/c1-8-3-12-14(19-12)5-10(8)7-18-16(17)11-6-15-13(20-15)4-9(11)2/h8-15H,3-7H2,1-2H3/t8?,9?,10?,11?,12?,13?,14?,15-/m0/s1. The van der Waals surface area contributed by atoms with Crippen LogP contribution in [0.15, 0.2) is 0 Å². The largest absolute Gasteiger partial charge is 0.465 e. The van der Waals surface area contributed by atoms with E-state index in [1.165, 1.54) is 0 Å². The third-order valence-electron chi connectivity index (χ3n) is 5.84. The Bertz CT molecular complexity index is 409. The van der Waals surface area contributed by atoms with Crippen LogP contribution in [0.2, 0.25) is 0 Å². The highest BCUT2D eigenvalue weighted by molar-refractivity contribution is 5.73. The molecular formula is C16H24O4. The fourth-order valence-electron chi connectivity index (χ4n) is 4.15. The van der Waals surface area contributed by atoms with Gasteiger partial charge in [-0.05, 0) is 43.4 Å². The highest BCUT2D eigenvalue weighted by Gasteiger charge is 2.50. The Hall–Kier alpha value is -0.610. The second-order valence-corrected chi connectivity index (χ2v) is 7.32. The number of carbonyl (C=O) groups excluding carboxylic acids is 1. The van der Waals surface area contributed by atoms with Gasteiger partial charge in [0.05, 0.1) is 36.9 Å². The normalized spacial score (nSPS) is 52.7. The van der Waals surface area contributed by atoms with Crippen LogP contribution in [-0.2, 0) is 19.0 Å². The summed E-state index contributed by atoms with van der Waals surface area (Å²) >= 11 is 0. The monoisotopic (exact) mass is 280 g/mol. The summed E-state index contributed by atoms with van der Waals surface area (Å²) in [5.74, 6) is 1.52. The predicted molar refractivity (Wildman–Crippen MR) is 72.1 cm³/mol. The lowest BCUT2D eigenvalue weighted by atomic mass is 9.80. The zero-order chi connectivity index (χ0) is 13.9. The number of hydrogen-bond acceptors (Lipinski definition) is 4. The van der Waals surface area contributed by atoms with Crippen molar-refractivity contribution in [2.75, 3.05) is 6.61 Å². The van der Waals surface area contributed by atoms with E-state index in [-0.39, 0.29) is 11.9 Å². The van der Waals surface area contributed by atoms with Crippen molar-refractivity contribution < 1.29 is 19.0 Å². The van der Waals surface area contributed by atoms with E-state index >= 15 is 0 Å². The SMILES string of the molecule is CC1CC2OC2CC1COC(=O)C1C[C@@H]2OC2CC1C. The first-order valence-corrected chi connectivity index (χ1v) is 8.09. The molecule has 0 bridgehead atoms. The molecule has 2 heterocycles. The molecule has 4 aliphatic rings. The van der Waals surface area contributed by atoms with Crippen molar-refractivity contribution in [3.8, 4) is 0 Å². The second-order valence-electron chi connectivity index (χ2n) is 7.32. The van der Waals surface area contributed by atoms with Gasteiger partial charge in [0, 0.05) is 0 Å². The molecule has 20 heavy (non-hydrogen) atoms. The summed E-state index contributed by atoms with van der Waals surface area (Å²) in [5.41, 5.74) is 0. The van der Waals surface area contributed by atoms with Crippen molar-refractivity contribution in [2.24, 2.45) is 23.7 Å². The van der Waals surface area contributed by atoms with Crippen molar-refractivity contribution in [3.05, 3.63) is 0 Å². The highest BCUT2D eigenvalue weighted by atomic mass is 16.6. The minimum atomic E-state index is -0.00233. The van der Waals surface area contributed by atoms with Gasteiger partial charge in [0.1, 0.15) is 0 Å². The number of rotatable bonds is 3. The van der Waals surface area contributed by atoms with E-state index in [0.29, 0.717) is 48.8 Å². The average Bonchev–Trinajstić information content (AvgIpc) is 3.29. The molecule has 112 valence electrons. The van der Waals surface area contributed by atoms with E-state index in [2.05, 4.69) is 13.8 Å². The minimum Gasteiger partial charge on any atom is -0.465 e. The summed E-state index contributed by atoms with van der Waals surface area (Å²) in [6, 6.07) is 0. The molecule has 4 heteroatoms. The molecule has 2 aliphatic heterocycles. The lowest BCUT2D eigenvalue weighted by Gasteiger charge is -2.28. The van der Waals surface area contributed by atoms with E-state index < -0.39 is 0 Å². The van der Waals surface area contributed by atoms with Gasteiger partial charge in [0.25, 0.3) is 0 Å².